The van der Waals surface area contributed by atoms with Crippen LogP contribution in [0.5, 0.6) is 0 Å². The number of amidine groups is 1. The van der Waals surface area contributed by atoms with Crippen molar-refractivity contribution < 1.29 is 9.72 Å². The number of allylic oxidation sites excluding steroid dienone is 1. The topological polar surface area (TPSA) is 84.6 Å². The molecule has 7 heteroatoms. The lowest BCUT2D eigenvalue weighted by atomic mass is 9.84. The lowest BCUT2D eigenvalue weighted by Gasteiger charge is -2.26. The van der Waals surface area contributed by atoms with Crippen molar-refractivity contribution in [1.29, 1.82) is 0 Å². The minimum Gasteiger partial charge on any atom is -0.310 e. The van der Waals surface area contributed by atoms with E-state index in [4.69, 9.17) is 4.99 Å². The Morgan fingerprint density at radius 3 is 2.79 bits per heavy atom. The van der Waals surface area contributed by atoms with Crippen molar-refractivity contribution in [3.8, 4) is 0 Å². The first-order valence-corrected chi connectivity index (χ1v) is 8.93. The maximum atomic E-state index is 12.6. The molecule has 6 nitrogen and oxygen atoms in total. The van der Waals surface area contributed by atoms with Crippen LogP contribution in [0.4, 0.5) is 5.69 Å². The van der Waals surface area contributed by atoms with Crippen LogP contribution < -0.4 is 5.32 Å². The third-order valence-corrected chi connectivity index (χ3v) is 6.19. The summed E-state index contributed by atoms with van der Waals surface area (Å²) in [7, 11) is 0. The number of thioether (sulfide) groups is 1. The Bertz CT molecular complexity index is 785. The molecular weight excluding hydrogens is 326 g/mol. The number of hydrogen-bond donors (Lipinski definition) is 1. The molecule has 24 heavy (non-hydrogen) atoms. The number of nitro groups is 1. The van der Waals surface area contributed by atoms with E-state index in [1.807, 2.05) is 0 Å². The van der Waals surface area contributed by atoms with Gasteiger partial charge >= 0.3 is 0 Å². The molecule has 0 bridgehead atoms. The van der Waals surface area contributed by atoms with Crippen molar-refractivity contribution >= 4 is 29.2 Å². The highest BCUT2D eigenvalue weighted by molar-refractivity contribution is 8.04. The highest BCUT2D eigenvalue weighted by Crippen LogP contribution is 2.51. The van der Waals surface area contributed by atoms with Crippen LogP contribution in [-0.4, -0.2) is 22.0 Å². The lowest BCUT2D eigenvalue weighted by Crippen LogP contribution is -2.44. The van der Waals surface area contributed by atoms with Gasteiger partial charge in [0.1, 0.15) is 11.2 Å². The van der Waals surface area contributed by atoms with Crippen LogP contribution in [-0.2, 0) is 4.79 Å². The number of carbonyl (C=O) groups excluding carboxylic acids is 1. The van der Waals surface area contributed by atoms with Gasteiger partial charge in [-0.1, -0.05) is 6.92 Å². The molecule has 2 aliphatic heterocycles. The summed E-state index contributed by atoms with van der Waals surface area (Å²) in [6.45, 7) is 2.25. The molecule has 3 unspecified atom stereocenters. The van der Waals surface area contributed by atoms with Gasteiger partial charge in [-0.3, -0.25) is 19.9 Å². The van der Waals surface area contributed by atoms with E-state index in [1.165, 1.54) is 22.6 Å². The minimum absolute atomic E-state index is 0.00425. The number of non-ortho nitro benzene ring substituents is 1. The Balaban J connectivity index is 1.62. The van der Waals surface area contributed by atoms with E-state index < -0.39 is 4.92 Å². The zero-order chi connectivity index (χ0) is 16.8. The van der Waals surface area contributed by atoms with Crippen LogP contribution in [0, 0.1) is 22.0 Å². The summed E-state index contributed by atoms with van der Waals surface area (Å²) in [5, 5.41) is 13.6. The number of rotatable bonds is 2. The fourth-order valence-corrected chi connectivity index (χ4v) is 5.19. The number of aliphatic imine (C=N–C) groups is 1. The quantitative estimate of drug-likeness (QED) is 0.660. The molecule has 2 heterocycles. The number of nitro benzene ring substituents is 1. The van der Waals surface area contributed by atoms with Gasteiger partial charge in [0.05, 0.1) is 10.8 Å². The van der Waals surface area contributed by atoms with Crippen molar-refractivity contribution in [2.24, 2.45) is 16.8 Å². The Hall–Kier alpha value is -2.15. The van der Waals surface area contributed by atoms with E-state index in [0.717, 1.165) is 19.3 Å². The number of nitrogens with one attached hydrogen (secondary N) is 1. The third kappa shape index (κ3) is 2.53. The lowest BCUT2D eigenvalue weighted by molar-refractivity contribution is -0.384. The molecule has 0 spiro atoms. The predicted molar refractivity (Wildman–Crippen MR) is 92.7 cm³/mol. The normalized spacial score (nSPS) is 28.8. The van der Waals surface area contributed by atoms with E-state index in [1.54, 1.807) is 23.9 Å². The summed E-state index contributed by atoms with van der Waals surface area (Å²) >= 11 is 1.72. The molecule has 1 amide bonds. The van der Waals surface area contributed by atoms with E-state index in [9.17, 15) is 14.9 Å². The first kappa shape index (κ1) is 15.4. The van der Waals surface area contributed by atoms with Crippen molar-refractivity contribution in [3.05, 3.63) is 50.4 Å². The van der Waals surface area contributed by atoms with Crippen LogP contribution in [0.3, 0.4) is 0 Å². The number of fused-ring (bicyclic) bond motifs is 2. The summed E-state index contributed by atoms with van der Waals surface area (Å²) in [5.74, 6) is 1.02. The van der Waals surface area contributed by atoms with Crippen LogP contribution >= 0.6 is 11.8 Å². The van der Waals surface area contributed by atoms with Gasteiger partial charge in [0.2, 0.25) is 5.91 Å². The van der Waals surface area contributed by atoms with Crippen LogP contribution in [0.15, 0.2) is 39.7 Å². The SMILES string of the molecule is CC1CCC2=C(C1)SC1N=C(c3ccc([N+](=O)[O-])cc3)NC(=O)C21. The molecule has 1 aromatic rings. The summed E-state index contributed by atoms with van der Waals surface area (Å²) in [5.41, 5.74) is 2.00. The zero-order valence-electron chi connectivity index (χ0n) is 13.2. The van der Waals surface area contributed by atoms with Gasteiger partial charge in [-0.05, 0) is 47.8 Å². The Morgan fingerprint density at radius 1 is 1.33 bits per heavy atom. The van der Waals surface area contributed by atoms with E-state index in [0.29, 0.717) is 17.3 Å². The monoisotopic (exact) mass is 343 g/mol. The zero-order valence-corrected chi connectivity index (χ0v) is 14.0. The fourth-order valence-electron chi connectivity index (χ4n) is 3.56. The molecule has 0 saturated heterocycles. The largest absolute Gasteiger partial charge is 0.310 e. The number of amides is 1. The number of benzene rings is 1. The standard InChI is InChI=1S/C17H17N3O3S/c1-9-2-7-12-13(8-9)24-17-14(12)16(21)18-15(19-17)10-3-5-11(6-4-10)20(22)23/h3-6,9,14,17H,2,7-8H2,1H3,(H,18,19,21). The highest BCUT2D eigenvalue weighted by Gasteiger charge is 2.44. The molecule has 0 radical (unpaired) electrons. The van der Waals surface area contributed by atoms with Crippen molar-refractivity contribution in [2.45, 2.75) is 31.6 Å². The van der Waals surface area contributed by atoms with Gasteiger partial charge in [0.25, 0.3) is 5.69 Å². The van der Waals surface area contributed by atoms with Gasteiger partial charge in [-0.15, -0.1) is 11.8 Å². The maximum Gasteiger partial charge on any atom is 0.269 e. The second-order valence-corrected chi connectivity index (χ2v) is 7.76. The van der Waals surface area contributed by atoms with Gasteiger partial charge in [-0.2, -0.15) is 0 Å². The summed E-state index contributed by atoms with van der Waals surface area (Å²) in [4.78, 5) is 29.0. The average Bonchev–Trinajstić information content (AvgIpc) is 2.92. The summed E-state index contributed by atoms with van der Waals surface area (Å²) < 4.78 is 0. The van der Waals surface area contributed by atoms with Crippen LogP contribution in [0.25, 0.3) is 0 Å². The van der Waals surface area contributed by atoms with Gasteiger partial charge < -0.3 is 5.32 Å². The third-order valence-electron chi connectivity index (χ3n) is 4.85. The second kappa shape index (κ2) is 5.73. The summed E-state index contributed by atoms with van der Waals surface area (Å²) in [6.07, 6.45) is 3.16. The van der Waals surface area contributed by atoms with Crippen LogP contribution in [0.2, 0.25) is 0 Å². The number of hydrogen-bond acceptors (Lipinski definition) is 5. The molecule has 1 N–H and O–H groups in total. The maximum absolute atomic E-state index is 12.6. The van der Waals surface area contributed by atoms with Crippen molar-refractivity contribution in [3.63, 3.8) is 0 Å². The van der Waals surface area contributed by atoms with E-state index in [2.05, 4.69) is 12.2 Å². The molecule has 0 fully saturated rings. The fraction of sp³-hybridized carbons (Fsp3) is 0.412. The smallest absolute Gasteiger partial charge is 0.269 e. The molecular formula is C17H17N3O3S. The van der Waals surface area contributed by atoms with Gasteiger partial charge in [0, 0.05) is 17.7 Å². The molecule has 0 aromatic heterocycles. The molecule has 4 rings (SSSR count). The Morgan fingerprint density at radius 2 is 2.08 bits per heavy atom. The highest BCUT2D eigenvalue weighted by atomic mass is 32.2. The first-order chi connectivity index (χ1) is 11.5. The van der Waals surface area contributed by atoms with E-state index in [-0.39, 0.29) is 22.9 Å². The van der Waals surface area contributed by atoms with Gasteiger partial charge in [0.15, 0.2) is 0 Å². The average molecular weight is 343 g/mol. The van der Waals surface area contributed by atoms with Crippen molar-refractivity contribution in [2.75, 3.05) is 0 Å². The summed E-state index contributed by atoms with van der Waals surface area (Å²) in [6, 6.07) is 6.13. The molecule has 0 saturated carbocycles. The number of carbonyl (C=O) groups is 1. The van der Waals surface area contributed by atoms with Crippen molar-refractivity contribution in [1.82, 2.24) is 5.32 Å². The molecule has 3 aliphatic rings. The van der Waals surface area contributed by atoms with E-state index >= 15 is 0 Å². The van der Waals surface area contributed by atoms with Crippen LogP contribution in [0.1, 0.15) is 31.7 Å². The Labute approximate surface area is 143 Å². The molecule has 1 aromatic carbocycles. The Kier molecular flexibility index (Phi) is 3.68. The van der Waals surface area contributed by atoms with Gasteiger partial charge in [-0.25, -0.2) is 0 Å². The first-order valence-electron chi connectivity index (χ1n) is 8.05. The minimum atomic E-state index is -0.437. The molecule has 124 valence electrons. The predicted octanol–water partition coefficient (Wildman–Crippen LogP) is 3.23. The number of nitrogens with zero attached hydrogens (tertiary/aromatic N) is 2. The molecule has 1 aliphatic carbocycles. The molecule has 3 atom stereocenters. The second-order valence-electron chi connectivity index (χ2n) is 6.55.